The fourth-order valence-electron chi connectivity index (χ4n) is 2.48. The van der Waals surface area contributed by atoms with E-state index in [1.165, 1.54) is 0 Å². The molecule has 6 heteroatoms. The Hall–Kier alpha value is -1.85. The van der Waals surface area contributed by atoms with Gasteiger partial charge in [0.1, 0.15) is 11.0 Å². The summed E-state index contributed by atoms with van der Waals surface area (Å²) in [7, 11) is 3.77. The number of hydrogen-bond donors (Lipinski definition) is 1. The molecule has 0 aliphatic carbocycles. The van der Waals surface area contributed by atoms with Crippen molar-refractivity contribution in [1.29, 1.82) is 0 Å². The minimum Gasteiger partial charge on any atom is -0.324 e. The first-order chi connectivity index (χ1) is 11.3. The Kier molecular flexibility index (Phi) is 6.02. The maximum atomic E-state index is 12.6. The zero-order valence-corrected chi connectivity index (χ0v) is 15.6. The van der Waals surface area contributed by atoms with Gasteiger partial charge < -0.3 is 9.88 Å². The molecule has 1 heterocycles. The van der Waals surface area contributed by atoms with Crippen molar-refractivity contribution in [3.05, 3.63) is 47.0 Å². The summed E-state index contributed by atoms with van der Waals surface area (Å²) in [4.78, 5) is 18.8. The number of hydrogen-bond acceptors (Lipinski definition) is 3. The second kappa shape index (κ2) is 7.81. The van der Waals surface area contributed by atoms with E-state index >= 15 is 0 Å². The lowest BCUT2D eigenvalue weighted by atomic mass is 10.0. The Morgan fingerprint density at radius 2 is 2.00 bits per heavy atom. The first kappa shape index (κ1) is 18.5. The molecule has 0 unspecified atom stereocenters. The highest BCUT2D eigenvalue weighted by atomic mass is 35.5. The first-order valence-corrected chi connectivity index (χ1v) is 8.45. The van der Waals surface area contributed by atoms with Gasteiger partial charge in [0, 0.05) is 12.7 Å². The molecular weight excluding hydrogens is 324 g/mol. The van der Waals surface area contributed by atoms with Crippen LogP contribution in [-0.4, -0.2) is 33.4 Å². The molecule has 5 nitrogen and oxygen atoms in total. The summed E-state index contributed by atoms with van der Waals surface area (Å²) in [5.41, 5.74) is 2.01. The molecule has 1 aromatic carbocycles. The monoisotopic (exact) mass is 348 g/mol. The molecule has 1 N–H and O–H groups in total. The van der Waals surface area contributed by atoms with Crippen LogP contribution in [0.4, 0.5) is 5.69 Å². The van der Waals surface area contributed by atoms with Gasteiger partial charge in [0.2, 0.25) is 5.91 Å². The van der Waals surface area contributed by atoms with Gasteiger partial charge in [0.25, 0.3) is 0 Å². The molecule has 0 fully saturated rings. The van der Waals surface area contributed by atoms with Crippen molar-refractivity contribution in [3.8, 4) is 0 Å². The summed E-state index contributed by atoms with van der Waals surface area (Å²) in [5.74, 6) is 1.14. The third kappa shape index (κ3) is 4.16. The van der Waals surface area contributed by atoms with Gasteiger partial charge in [-0.25, -0.2) is 4.98 Å². The number of imidazole rings is 1. The van der Waals surface area contributed by atoms with Crippen LogP contribution >= 0.6 is 11.6 Å². The first-order valence-electron chi connectivity index (χ1n) is 8.07. The fourth-order valence-corrected chi connectivity index (χ4v) is 2.63. The smallest absolute Gasteiger partial charge is 0.241 e. The average molecular weight is 349 g/mol. The van der Waals surface area contributed by atoms with Gasteiger partial charge >= 0.3 is 0 Å². The topological polar surface area (TPSA) is 50.2 Å². The Morgan fingerprint density at radius 1 is 1.33 bits per heavy atom. The van der Waals surface area contributed by atoms with Gasteiger partial charge in [-0.2, -0.15) is 0 Å². The number of aromatic nitrogens is 2. The van der Waals surface area contributed by atoms with E-state index in [0.717, 1.165) is 17.1 Å². The lowest BCUT2D eigenvalue weighted by molar-refractivity contribution is -0.120. The predicted octanol–water partition coefficient (Wildman–Crippen LogP) is 3.66. The number of rotatable bonds is 6. The van der Waals surface area contributed by atoms with Crippen LogP contribution in [0.25, 0.3) is 0 Å². The van der Waals surface area contributed by atoms with Crippen molar-refractivity contribution in [2.24, 2.45) is 7.05 Å². The quantitative estimate of drug-likeness (QED) is 0.866. The number of nitrogens with zero attached hydrogens (tertiary/aromatic N) is 3. The van der Waals surface area contributed by atoms with E-state index in [1.807, 2.05) is 54.8 Å². The summed E-state index contributed by atoms with van der Waals surface area (Å²) < 4.78 is 1.82. The minimum atomic E-state index is -0.291. The number of halogens is 1. The number of carbonyl (C=O) groups excluding carboxylic acids is 1. The van der Waals surface area contributed by atoms with E-state index in [9.17, 15) is 4.79 Å². The van der Waals surface area contributed by atoms with Crippen LogP contribution in [0.5, 0.6) is 0 Å². The zero-order chi connectivity index (χ0) is 17.9. The molecule has 0 saturated heterocycles. The standard InChI is InChI=1S/C18H25ClN4O/c1-12(2)14-8-6-7-9-15(14)21-18(24)13(3)22(4)11-17-20-10-16(19)23(17)5/h6-10,12-13H,11H2,1-5H3,(H,21,24)/t13-/m0/s1. The van der Waals surface area contributed by atoms with Gasteiger partial charge in [0.15, 0.2) is 0 Å². The highest BCUT2D eigenvalue weighted by Gasteiger charge is 2.21. The fraction of sp³-hybridized carbons (Fsp3) is 0.444. The van der Waals surface area contributed by atoms with Crippen LogP contribution in [0.15, 0.2) is 30.5 Å². The molecular formula is C18H25ClN4O. The summed E-state index contributed by atoms with van der Waals surface area (Å²) in [6, 6.07) is 7.63. The molecule has 2 rings (SSSR count). The normalized spacial score (nSPS) is 12.7. The number of carbonyl (C=O) groups is 1. The Morgan fingerprint density at radius 3 is 2.58 bits per heavy atom. The Balaban J connectivity index is 2.05. The van der Waals surface area contributed by atoms with Gasteiger partial charge in [-0.15, -0.1) is 0 Å². The van der Waals surface area contributed by atoms with Gasteiger partial charge in [-0.3, -0.25) is 9.69 Å². The van der Waals surface area contributed by atoms with Gasteiger partial charge in [-0.1, -0.05) is 43.6 Å². The van der Waals surface area contributed by atoms with Crippen molar-refractivity contribution in [3.63, 3.8) is 0 Å². The summed E-state index contributed by atoms with van der Waals surface area (Å²) in [5, 5.41) is 3.63. The van der Waals surface area contributed by atoms with E-state index in [1.54, 1.807) is 6.20 Å². The number of anilines is 1. The van der Waals surface area contributed by atoms with E-state index in [0.29, 0.717) is 17.6 Å². The van der Waals surface area contributed by atoms with Crippen LogP contribution in [0.1, 0.15) is 38.1 Å². The maximum Gasteiger partial charge on any atom is 0.241 e. The molecule has 0 saturated carbocycles. The molecule has 0 aliphatic rings. The molecule has 2 aromatic rings. The number of para-hydroxylation sites is 1. The number of likely N-dealkylation sites (N-methyl/N-ethyl adjacent to an activating group) is 1. The molecule has 0 spiro atoms. The van der Waals surface area contributed by atoms with E-state index in [2.05, 4.69) is 24.1 Å². The summed E-state index contributed by atoms with van der Waals surface area (Å²) in [6.45, 7) is 6.66. The van der Waals surface area contributed by atoms with Crippen LogP contribution < -0.4 is 5.32 Å². The summed E-state index contributed by atoms with van der Waals surface area (Å²) in [6.07, 6.45) is 1.62. The van der Waals surface area contributed by atoms with Crippen molar-refractivity contribution in [1.82, 2.24) is 14.5 Å². The SMILES string of the molecule is CC(C)c1ccccc1NC(=O)[C@H](C)N(C)Cc1ncc(Cl)n1C. The van der Waals surface area contributed by atoms with Crippen molar-refractivity contribution in [2.45, 2.75) is 39.3 Å². The van der Waals surface area contributed by atoms with Crippen LogP contribution in [-0.2, 0) is 18.4 Å². The molecule has 130 valence electrons. The van der Waals surface area contributed by atoms with Gasteiger partial charge in [0.05, 0.1) is 18.8 Å². The number of nitrogens with one attached hydrogen (secondary N) is 1. The molecule has 1 atom stereocenters. The third-order valence-electron chi connectivity index (χ3n) is 4.30. The molecule has 0 radical (unpaired) electrons. The predicted molar refractivity (Wildman–Crippen MR) is 98.3 cm³/mol. The molecule has 0 aliphatic heterocycles. The van der Waals surface area contributed by atoms with Crippen molar-refractivity contribution in [2.75, 3.05) is 12.4 Å². The zero-order valence-electron chi connectivity index (χ0n) is 14.9. The minimum absolute atomic E-state index is 0.0362. The van der Waals surface area contributed by atoms with E-state index in [-0.39, 0.29) is 11.9 Å². The molecule has 1 aromatic heterocycles. The average Bonchev–Trinajstić information content (AvgIpc) is 2.86. The van der Waals surface area contributed by atoms with E-state index in [4.69, 9.17) is 11.6 Å². The number of benzene rings is 1. The second-order valence-electron chi connectivity index (χ2n) is 6.38. The summed E-state index contributed by atoms with van der Waals surface area (Å²) >= 11 is 6.01. The molecule has 1 amide bonds. The van der Waals surface area contributed by atoms with Crippen molar-refractivity contribution < 1.29 is 4.79 Å². The third-order valence-corrected chi connectivity index (χ3v) is 4.65. The second-order valence-corrected chi connectivity index (χ2v) is 6.77. The van der Waals surface area contributed by atoms with Crippen LogP contribution in [0.3, 0.4) is 0 Å². The highest BCUT2D eigenvalue weighted by Crippen LogP contribution is 2.24. The Labute approximate surface area is 148 Å². The molecule has 24 heavy (non-hydrogen) atoms. The van der Waals surface area contributed by atoms with Crippen molar-refractivity contribution >= 4 is 23.2 Å². The Bertz CT molecular complexity index is 711. The van der Waals surface area contributed by atoms with Crippen LogP contribution in [0, 0.1) is 0 Å². The van der Waals surface area contributed by atoms with E-state index < -0.39 is 0 Å². The highest BCUT2D eigenvalue weighted by molar-refractivity contribution is 6.29. The largest absolute Gasteiger partial charge is 0.324 e. The lowest BCUT2D eigenvalue weighted by Gasteiger charge is -2.24. The van der Waals surface area contributed by atoms with Gasteiger partial charge in [-0.05, 0) is 31.5 Å². The lowest BCUT2D eigenvalue weighted by Crippen LogP contribution is -2.39. The number of amides is 1. The molecule has 0 bridgehead atoms. The maximum absolute atomic E-state index is 12.6. The van der Waals surface area contributed by atoms with Crippen LogP contribution in [0.2, 0.25) is 5.15 Å².